The Balaban J connectivity index is 1.08. The summed E-state index contributed by atoms with van der Waals surface area (Å²) in [5.41, 5.74) is -0.589. The van der Waals surface area contributed by atoms with Gasteiger partial charge in [-0.2, -0.15) is 0 Å². The van der Waals surface area contributed by atoms with Crippen LogP contribution in [0.5, 0.6) is 0 Å². The summed E-state index contributed by atoms with van der Waals surface area (Å²) in [6.45, 7) is 9.10. The van der Waals surface area contributed by atoms with Gasteiger partial charge in [0.05, 0.1) is 21.5 Å². The van der Waals surface area contributed by atoms with Crippen molar-refractivity contribution in [2.75, 3.05) is 0 Å². The number of aromatic nitrogens is 2. The Bertz CT molecular complexity index is 3770. The molecular weight excluding hydrogens is 1080 g/mol. The molecule has 0 N–H and O–H groups in total. The van der Waals surface area contributed by atoms with Crippen LogP contribution >= 0.6 is 0 Å². The van der Waals surface area contributed by atoms with Crippen molar-refractivity contribution in [3.63, 3.8) is 0 Å². The van der Waals surface area contributed by atoms with E-state index < -0.39 is 0 Å². The van der Waals surface area contributed by atoms with Crippen LogP contribution in [0.25, 0.3) is 97.0 Å². The fraction of sp³-hybridized carbons (Fsp3) is 0.561. The zero-order valence-electron chi connectivity index (χ0n) is 55.0. The summed E-state index contributed by atoms with van der Waals surface area (Å²) in [4.78, 5) is 62.6. The van der Waals surface area contributed by atoms with Gasteiger partial charge in [-0.15, -0.1) is 0 Å². The standard InChI is InChI=1S/C82H108N2O4/c1-5-9-13-17-21-25-29-33-37-45-61(46-38-34-30-26-22-18-14-10-6-2)83-79(85)75-65-51-43-41-49-63(65)69-57-59-54-56-68-72-60(53-55-67(71(59)72)73(69)77(75)81(83)87)58-70-64-50-42-44-52-66(64)76-78(74(68)70)82(88)84(80(76)86)62(47-39-35-31-27-23-19-15-11-7-3)48-40-36-32-28-24-20-16-12-8-4/h41-44,49-58,61-62H,5-40,45-48H2,1-4H3. The first-order chi connectivity index (χ1) is 43.3. The monoisotopic (exact) mass is 1180 g/mol. The highest BCUT2D eigenvalue weighted by Gasteiger charge is 2.29. The summed E-state index contributed by atoms with van der Waals surface area (Å²) in [6, 6.07) is 29.5. The molecule has 0 saturated heterocycles. The zero-order valence-corrected chi connectivity index (χ0v) is 55.0. The molecule has 2 heterocycles. The predicted molar refractivity (Wildman–Crippen MR) is 384 cm³/mol. The normalized spacial score (nSPS) is 12.5. The molecule has 10 aromatic rings. The average Bonchev–Trinajstić information content (AvgIpc) is 1.24. The van der Waals surface area contributed by atoms with Gasteiger partial charge in [-0.25, -0.2) is 0 Å². The van der Waals surface area contributed by atoms with Gasteiger partial charge in [-0.3, -0.25) is 28.3 Å². The highest BCUT2D eigenvalue weighted by molar-refractivity contribution is 6.42. The molecule has 0 amide bonds. The van der Waals surface area contributed by atoms with Gasteiger partial charge < -0.3 is 0 Å². The average molecular weight is 1190 g/mol. The summed E-state index contributed by atoms with van der Waals surface area (Å²) >= 11 is 0. The van der Waals surface area contributed by atoms with Crippen LogP contribution in [0.3, 0.4) is 0 Å². The Kier molecular flexibility index (Phi) is 24.2. The third kappa shape index (κ3) is 14.5. The molecule has 0 spiro atoms. The van der Waals surface area contributed by atoms with E-state index in [-0.39, 0.29) is 34.3 Å². The van der Waals surface area contributed by atoms with Crippen LogP contribution in [0.1, 0.15) is 297 Å². The van der Waals surface area contributed by atoms with Crippen LogP contribution in [0.4, 0.5) is 0 Å². The van der Waals surface area contributed by atoms with Gasteiger partial charge in [0.25, 0.3) is 22.2 Å². The van der Waals surface area contributed by atoms with Gasteiger partial charge in [0, 0.05) is 22.9 Å². The van der Waals surface area contributed by atoms with Crippen molar-refractivity contribution in [3.8, 4) is 0 Å². The minimum Gasteiger partial charge on any atom is -0.271 e. The molecule has 2 aromatic heterocycles. The van der Waals surface area contributed by atoms with E-state index in [1.54, 1.807) is 9.13 Å². The molecule has 0 unspecified atom stereocenters. The summed E-state index contributed by atoms with van der Waals surface area (Å²) in [6.07, 6.45) is 47.7. The summed E-state index contributed by atoms with van der Waals surface area (Å²) in [5, 5.41) is 15.6. The molecule has 0 radical (unpaired) electrons. The fourth-order valence-corrected chi connectivity index (χ4v) is 16.1. The number of hydrogen-bond donors (Lipinski definition) is 0. The van der Waals surface area contributed by atoms with E-state index in [1.807, 2.05) is 12.1 Å². The Morgan fingerprint density at radius 1 is 0.239 bits per heavy atom. The van der Waals surface area contributed by atoms with Crippen LogP contribution in [0.15, 0.2) is 104 Å². The number of fused-ring (bicyclic) bond motifs is 14. The highest BCUT2D eigenvalue weighted by Crippen LogP contribution is 2.47. The molecule has 88 heavy (non-hydrogen) atoms. The van der Waals surface area contributed by atoms with Crippen LogP contribution in [0.2, 0.25) is 0 Å². The van der Waals surface area contributed by atoms with Gasteiger partial charge in [0.1, 0.15) is 0 Å². The van der Waals surface area contributed by atoms with E-state index in [0.717, 1.165) is 152 Å². The SMILES string of the molecule is CCCCCCCCCCCC(CCCCCCCCCCC)n1c(=O)c2c3ccccc3c3cc4ccc5c6c(cc7ccc(c3c2c1=O)c4c75)c1ccccc1c1c(=O)n(C(CCCCCCCCCCC)CCCCCCCCCCC)c(=O)c16. The predicted octanol–water partition coefficient (Wildman–Crippen LogP) is 24.2. The van der Waals surface area contributed by atoms with E-state index in [9.17, 15) is 0 Å². The first-order valence-electron chi connectivity index (χ1n) is 36.6. The van der Waals surface area contributed by atoms with Crippen LogP contribution in [-0.4, -0.2) is 9.13 Å². The number of benzene rings is 8. The Morgan fingerprint density at radius 3 is 0.773 bits per heavy atom. The van der Waals surface area contributed by atoms with Crippen molar-refractivity contribution in [1.82, 2.24) is 9.13 Å². The highest BCUT2D eigenvalue weighted by atomic mass is 16.2. The van der Waals surface area contributed by atoms with Gasteiger partial charge in [-0.1, -0.05) is 332 Å². The molecule has 10 rings (SSSR count). The maximum atomic E-state index is 15.8. The molecule has 0 fully saturated rings. The minimum atomic E-state index is -0.159. The van der Waals surface area contributed by atoms with Crippen LogP contribution in [-0.2, 0) is 0 Å². The lowest BCUT2D eigenvalue weighted by atomic mass is 9.85. The molecule has 8 aromatic carbocycles. The van der Waals surface area contributed by atoms with Crippen molar-refractivity contribution < 1.29 is 0 Å². The third-order valence-electron chi connectivity index (χ3n) is 20.9. The van der Waals surface area contributed by atoms with Crippen LogP contribution < -0.4 is 22.2 Å². The summed E-state index contributed by atoms with van der Waals surface area (Å²) in [7, 11) is 0. The lowest BCUT2D eigenvalue weighted by molar-refractivity contribution is 0.383. The van der Waals surface area contributed by atoms with Crippen molar-refractivity contribution >= 4 is 97.0 Å². The van der Waals surface area contributed by atoms with Crippen molar-refractivity contribution in [3.05, 3.63) is 126 Å². The molecule has 0 saturated carbocycles. The number of hydrogen-bond acceptors (Lipinski definition) is 4. The van der Waals surface area contributed by atoms with Crippen molar-refractivity contribution in [1.29, 1.82) is 0 Å². The zero-order chi connectivity index (χ0) is 61.2. The summed E-state index contributed by atoms with van der Waals surface area (Å²) < 4.78 is 3.44. The molecule has 470 valence electrons. The van der Waals surface area contributed by atoms with Crippen molar-refractivity contribution in [2.24, 2.45) is 0 Å². The second-order valence-electron chi connectivity index (χ2n) is 27.3. The second-order valence-corrected chi connectivity index (χ2v) is 27.3. The minimum absolute atomic E-state index is 0.143. The van der Waals surface area contributed by atoms with Gasteiger partial charge in [0.15, 0.2) is 0 Å². The van der Waals surface area contributed by atoms with Gasteiger partial charge in [-0.05, 0) is 102 Å². The second kappa shape index (κ2) is 32.7. The molecule has 6 nitrogen and oxygen atoms in total. The molecule has 0 aliphatic rings. The lowest BCUT2D eigenvalue weighted by Gasteiger charge is -2.18. The number of unbranched alkanes of at least 4 members (excludes halogenated alkanes) is 32. The third-order valence-corrected chi connectivity index (χ3v) is 20.9. The number of rotatable bonds is 42. The molecule has 0 bridgehead atoms. The van der Waals surface area contributed by atoms with Gasteiger partial charge >= 0.3 is 0 Å². The largest absolute Gasteiger partial charge is 0.271 e. The lowest BCUT2D eigenvalue weighted by Crippen LogP contribution is -2.30. The van der Waals surface area contributed by atoms with Gasteiger partial charge in [0.2, 0.25) is 0 Å². The Morgan fingerprint density at radius 2 is 0.489 bits per heavy atom. The Hall–Kier alpha value is -5.88. The molecule has 0 aliphatic heterocycles. The van der Waals surface area contributed by atoms with E-state index in [2.05, 4.69) is 100 Å². The molecule has 0 aliphatic carbocycles. The maximum absolute atomic E-state index is 15.8. The summed E-state index contributed by atoms with van der Waals surface area (Å²) in [5.74, 6) is 0. The van der Waals surface area contributed by atoms with E-state index in [1.165, 1.54) is 180 Å². The molecule has 0 atom stereocenters. The Labute approximate surface area is 526 Å². The van der Waals surface area contributed by atoms with Crippen LogP contribution in [0, 0.1) is 0 Å². The fourth-order valence-electron chi connectivity index (χ4n) is 16.1. The van der Waals surface area contributed by atoms with E-state index >= 15 is 19.2 Å². The number of nitrogens with zero attached hydrogens (tertiary/aromatic N) is 2. The maximum Gasteiger partial charge on any atom is 0.262 e. The van der Waals surface area contributed by atoms with E-state index in [4.69, 9.17) is 0 Å². The van der Waals surface area contributed by atoms with Crippen molar-refractivity contribution in [2.45, 2.75) is 297 Å². The topological polar surface area (TPSA) is 78.1 Å². The quantitative estimate of drug-likeness (QED) is 0.0217. The molecular formula is C82H108N2O4. The van der Waals surface area contributed by atoms with E-state index in [0.29, 0.717) is 21.5 Å². The first-order valence-corrected chi connectivity index (χ1v) is 36.6. The molecule has 6 heteroatoms. The smallest absolute Gasteiger partial charge is 0.262 e. The first kappa shape index (κ1) is 65.1.